The zero-order valence-corrected chi connectivity index (χ0v) is 8.62. The minimum Gasteiger partial charge on any atom is -0.460 e. The van der Waals surface area contributed by atoms with E-state index in [9.17, 15) is 14.4 Å². The van der Waals surface area contributed by atoms with Crippen molar-refractivity contribution in [2.45, 2.75) is 33.2 Å². The molecule has 5 heteroatoms. The van der Waals surface area contributed by atoms with Crippen molar-refractivity contribution in [2.75, 3.05) is 6.61 Å². The molecule has 80 valence electrons. The molecule has 0 rings (SSSR count). The third-order valence-corrected chi connectivity index (χ3v) is 1.57. The van der Waals surface area contributed by atoms with Crippen molar-refractivity contribution >= 4 is 17.7 Å². The van der Waals surface area contributed by atoms with Crippen LogP contribution in [0.15, 0.2) is 0 Å². The smallest absolute Gasteiger partial charge is 0.376 e. The van der Waals surface area contributed by atoms with E-state index in [2.05, 4.69) is 10.1 Å². The summed E-state index contributed by atoms with van der Waals surface area (Å²) in [6, 6.07) is -0.818. The molecule has 0 saturated heterocycles. The first kappa shape index (κ1) is 12.6. The molecule has 0 heterocycles. The van der Waals surface area contributed by atoms with Crippen LogP contribution in [0, 0.1) is 0 Å². The lowest BCUT2D eigenvalue weighted by Gasteiger charge is -2.10. The van der Waals surface area contributed by atoms with Crippen molar-refractivity contribution in [1.82, 2.24) is 5.32 Å². The predicted molar refractivity (Wildman–Crippen MR) is 49.5 cm³/mol. The van der Waals surface area contributed by atoms with Crippen LogP contribution in [-0.4, -0.2) is 30.3 Å². The van der Waals surface area contributed by atoms with Gasteiger partial charge in [0, 0.05) is 6.42 Å². The van der Waals surface area contributed by atoms with Gasteiger partial charge in [0.05, 0.1) is 12.6 Å². The Morgan fingerprint density at radius 2 is 1.86 bits per heavy atom. The predicted octanol–water partition coefficient (Wildman–Crippen LogP) is 0.0333. The number of Topliss-reactive ketones (excluding diaryl/α,β-unsaturated/α-hetero) is 1. The molecular formula is C9H15NO4. The Bertz CT molecular complexity index is 237. The molecule has 0 aliphatic carbocycles. The van der Waals surface area contributed by atoms with Gasteiger partial charge in [-0.1, -0.05) is 6.92 Å². The largest absolute Gasteiger partial charge is 0.460 e. The van der Waals surface area contributed by atoms with E-state index >= 15 is 0 Å². The molecule has 0 aromatic carbocycles. The molecule has 0 radical (unpaired) electrons. The molecule has 0 saturated carbocycles. The van der Waals surface area contributed by atoms with Crippen LogP contribution in [0.25, 0.3) is 0 Å². The van der Waals surface area contributed by atoms with Crippen molar-refractivity contribution in [1.29, 1.82) is 0 Å². The SMILES string of the molecule is CCOC(=O)C(=O)C(C)NC(=O)CC. The molecule has 0 aliphatic rings. The fourth-order valence-electron chi connectivity index (χ4n) is 0.788. The van der Waals surface area contributed by atoms with E-state index < -0.39 is 17.8 Å². The Morgan fingerprint density at radius 3 is 2.29 bits per heavy atom. The van der Waals surface area contributed by atoms with Crippen molar-refractivity contribution in [3.63, 3.8) is 0 Å². The molecule has 1 atom stereocenters. The molecule has 1 amide bonds. The van der Waals surface area contributed by atoms with Gasteiger partial charge in [-0.15, -0.1) is 0 Å². The maximum atomic E-state index is 11.2. The monoisotopic (exact) mass is 201 g/mol. The van der Waals surface area contributed by atoms with E-state index in [-0.39, 0.29) is 18.9 Å². The summed E-state index contributed by atoms with van der Waals surface area (Å²) in [6.07, 6.45) is 0.278. The first-order valence-corrected chi connectivity index (χ1v) is 4.53. The van der Waals surface area contributed by atoms with Gasteiger partial charge in [-0.25, -0.2) is 4.79 Å². The van der Waals surface area contributed by atoms with Crippen LogP contribution in [0.2, 0.25) is 0 Å². The van der Waals surface area contributed by atoms with E-state index in [0.29, 0.717) is 0 Å². The number of nitrogens with one attached hydrogen (secondary N) is 1. The summed E-state index contributed by atoms with van der Waals surface area (Å²) >= 11 is 0. The minimum absolute atomic E-state index is 0.152. The Hall–Kier alpha value is -1.39. The molecule has 5 nitrogen and oxygen atoms in total. The second-order valence-corrected chi connectivity index (χ2v) is 2.73. The number of hydrogen-bond donors (Lipinski definition) is 1. The van der Waals surface area contributed by atoms with Gasteiger partial charge in [-0.2, -0.15) is 0 Å². The lowest BCUT2D eigenvalue weighted by atomic mass is 10.2. The van der Waals surface area contributed by atoms with Gasteiger partial charge in [0.2, 0.25) is 5.91 Å². The number of ketones is 1. The van der Waals surface area contributed by atoms with Crippen molar-refractivity contribution < 1.29 is 19.1 Å². The van der Waals surface area contributed by atoms with Gasteiger partial charge in [0.15, 0.2) is 0 Å². The van der Waals surface area contributed by atoms with E-state index in [4.69, 9.17) is 0 Å². The highest BCUT2D eigenvalue weighted by atomic mass is 16.5. The zero-order chi connectivity index (χ0) is 11.1. The first-order valence-electron chi connectivity index (χ1n) is 4.53. The van der Waals surface area contributed by atoms with Gasteiger partial charge in [0.1, 0.15) is 0 Å². The Labute approximate surface area is 82.8 Å². The number of hydrogen-bond acceptors (Lipinski definition) is 4. The molecule has 0 fully saturated rings. The quantitative estimate of drug-likeness (QED) is 0.503. The molecule has 0 aromatic rings. The summed E-state index contributed by atoms with van der Waals surface area (Å²) in [7, 11) is 0. The van der Waals surface area contributed by atoms with E-state index in [1.165, 1.54) is 6.92 Å². The molecular weight excluding hydrogens is 186 g/mol. The maximum Gasteiger partial charge on any atom is 0.376 e. The van der Waals surface area contributed by atoms with Crippen LogP contribution in [-0.2, 0) is 19.1 Å². The summed E-state index contributed by atoms with van der Waals surface area (Å²) in [5.74, 6) is -1.90. The molecule has 0 bridgehead atoms. The van der Waals surface area contributed by atoms with Gasteiger partial charge < -0.3 is 10.1 Å². The number of carbonyl (C=O) groups excluding carboxylic acids is 3. The normalized spacial score (nSPS) is 11.6. The highest BCUT2D eigenvalue weighted by Gasteiger charge is 2.23. The first-order chi connectivity index (χ1) is 6.52. The Morgan fingerprint density at radius 1 is 1.29 bits per heavy atom. The van der Waals surface area contributed by atoms with Crippen LogP contribution < -0.4 is 5.32 Å². The lowest BCUT2D eigenvalue weighted by molar-refractivity contribution is -0.154. The number of rotatable bonds is 5. The van der Waals surface area contributed by atoms with Crippen LogP contribution in [0.5, 0.6) is 0 Å². The van der Waals surface area contributed by atoms with Gasteiger partial charge >= 0.3 is 5.97 Å². The van der Waals surface area contributed by atoms with Crippen molar-refractivity contribution in [2.24, 2.45) is 0 Å². The molecule has 14 heavy (non-hydrogen) atoms. The average Bonchev–Trinajstić information content (AvgIpc) is 2.16. The van der Waals surface area contributed by atoms with Gasteiger partial charge in [0.25, 0.3) is 5.78 Å². The topological polar surface area (TPSA) is 72.5 Å². The van der Waals surface area contributed by atoms with Crippen LogP contribution in [0.3, 0.4) is 0 Å². The van der Waals surface area contributed by atoms with Crippen LogP contribution >= 0.6 is 0 Å². The zero-order valence-electron chi connectivity index (χ0n) is 8.62. The summed E-state index contributed by atoms with van der Waals surface area (Å²) in [5.41, 5.74) is 0. The highest BCUT2D eigenvalue weighted by molar-refractivity contribution is 6.35. The summed E-state index contributed by atoms with van der Waals surface area (Å²) in [6.45, 7) is 4.88. The standard InChI is InChI=1S/C9H15NO4/c1-4-7(11)10-6(3)8(12)9(13)14-5-2/h6H,4-5H2,1-3H3,(H,10,11). The fourth-order valence-corrected chi connectivity index (χ4v) is 0.788. The minimum atomic E-state index is -0.906. The van der Waals surface area contributed by atoms with E-state index in [1.807, 2.05) is 0 Å². The van der Waals surface area contributed by atoms with E-state index in [1.54, 1.807) is 13.8 Å². The number of carbonyl (C=O) groups is 3. The second kappa shape index (κ2) is 6.12. The van der Waals surface area contributed by atoms with Crippen molar-refractivity contribution in [3.8, 4) is 0 Å². The fraction of sp³-hybridized carbons (Fsp3) is 0.667. The summed E-state index contributed by atoms with van der Waals surface area (Å²) in [4.78, 5) is 33.0. The number of ether oxygens (including phenoxy) is 1. The third-order valence-electron chi connectivity index (χ3n) is 1.57. The molecule has 1 unspecified atom stereocenters. The summed E-state index contributed by atoms with van der Waals surface area (Å²) in [5, 5.41) is 2.38. The number of amides is 1. The van der Waals surface area contributed by atoms with Gasteiger partial charge in [-0.05, 0) is 13.8 Å². The third kappa shape index (κ3) is 4.02. The van der Waals surface area contributed by atoms with Crippen LogP contribution in [0.1, 0.15) is 27.2 Å². The van der Waals surface area contributed by atoms with E-state index in [0.717, 1.165) is 0 Å². The van der Waals surface area contributed by atoms with Crippen molar-refractivity contribution in [3.05, 3.63) is 0 Å². The number of esters is 1. The summed E-state index contributed by atoms with van der Waals surface area (Å²) < 4.78 is 4.50. The molecule has 0 aromatic heterocycles. The van der Waals surface area contributed by atoms with Crippen LogP contribution in [0.4, 0.5) is 0 Å². The molecule has 0 spiro atoms. The van der Waals surface area contributed by atoms with Gasteiger partial charge in [-0.3, -0.25) is 9.59 Å². The maximum absolute atomic E-state index is 11.2. The molecule has 1 N–H and O–H groups in total. The Kier molecular flexibility index (Phi) is 5.52. The Balaban J connectivity index is 4.11. The highest BCUT2D eigenvalue weighted by Crippen LogP contribution is 1.90. The molecule has 0 aliphatic heterocycles. The lowest BCUT2D eigenvalue weighted by Crippen LogP contribution is -2.42. The second-order valence-electron chi connectivity index (χ2n) is 2.73. The average molecular weight is 201 g/mol.